The summed E-state index contributed by atoms with van der Waals surface area (Å²) in [6, 6.07) is 24.4. The Morgan fingerprint density at radius 3 is 1.86 bits per heavy atom. The Labute approximate surface area is 168 Å². The minimum atomic E-state index is -0.706. The van der Waals surface area contributed by atoms with Crippen LogP contribution in [-0.2, 0) is 13.1 Å². The van der Waals surface area contributed by atoms with Crippen LogP contribution in [-0.4, -0.2) is 30.4 Å². The number of benzene rings is 3. The predicted molar refractivity (Wildman–Crippen MR) is 116 cm³/mol. The summed E-state index contributed by atoms with van der Waals surface area (Å²) in [7, 11) is 0. The first-order valence-corrected chi connectivity index (χ1v) is 9.91. The molecular formula is C24H23N3O2. The Bertz CT molecular complexity index is 1260. The van der Waals surface area contributed by atoms with E-state index in [1.54, 1.807) is 6.92 Å². The molecule has 5 aromatic rings. The molecule has 2 aromatic heterocycles. The van der Waals surface area contributed by atoms with Crippen LogP contribution in [0.15, 0.2) is 72.8 Å². The quantitative estimate of drug-likeness (QED) is 0.475. The lowest BCUT2D eigenvalue weighted by atomic mass is 10.2. The number of aliphatic hydroxyl groups excluding tert-OH is 2. The Hall–Kier alpha value is -3.15. The zero-order valence-electron chi connectivity index (χ0n) is 16.2. The first kappa shape index (κ1) is 17.9. The first-order chi connectivity index (χ1) is 14.1. The van der Waals surface area contributed by atoms with Crippen molar-refractivity contribution in [3.05, 3.63) is 78.6 Å². The smallest absolute Gasteiger partial charge is 0.138 e. The summed E-state index contributed by atoms with van der Waals surface area (Å²) in [5.74, 6) is 0.576. The Morgan fingerprint density at radius 1 is 0.724 bits per heavy atom. The maximum Gasteiger partial charge on any atom is 0.138 e. The number of para-hydroxylation sites is 4. The molecule has 0 aliphatic carbocycles. The molecule has 0 aliphatic rings. The van der Waals surface area contributed by atoms with Gasteiger partial charge in [-0.05, 0) is 31.2 Å². The van der Waals surface area contributed by atoms with Gasteiger partial charge in [0.05, 0.1) is 30.2 Å². The highest BCUT2D eigenvalue weighted by atomic mass is 16.3. The van der Waals surface area contributed by atoms with Gasteiger partial charge in [0.25, 0.3) is 0 Å². The van der Waals surface area contributed by atoms with Crippen LogP contribution < -0.4 is 0 Å². The van der Waals surface area contributed by atoms with E-state index in [-0.39, 0.29) is 0 Å². The largest absolute Gasteiger partial charge is 0.389 e. The number of aliphatic hydroxyl groups is 2. The van der Waals surface area contributed by atoms with Gasteiger partial charge < -0.3 is 19.3 Å². The SMILES string of the molecule is C[C@@H](O)c1nc2ccccc2n1C[C@H](O)Cn1c2ccccc2c2ccccc21. The summed E-state index contributed by atoms with van der Waals surface area (Å²) in [5, 5.41) is 23.6. The Kier molecular flexibility index (Phi) is 4.34. The van der Waals surface area contributed by atoms with Gasteiger partial charge in [-0.1, -0.05) is 48.5 Å². The number of hydrogen-bond acceptors (Lipinski definition) is 3. The number of fused-ring (bicyclic) bond motifs is 4. The van der Waals surface area contributed by atoms with Crippen LogP contribution in [0.5, 0.6) is 0 Å². The van der Waals surface area contributed by atoms with Crippen LogP contribution >= 0.6 is 0 Å². The summed E-state index contributed by atoms with van der Waals surface area (Å²) in [6.45, 7) is 2.53. The average Bonchev–Trinajstić information content (AvgIpc) is 3.25. The molecule has 5 rings (SSSR count). The predicted octanol–water partition coefficient (Wildman–Crippen LogP) is 4.26. The molecule has 0 aliphatic heterocycles. The normalized spacial score (nSPS) is 14.0. The highest BCUT2D eigenvalue weighted by Crippen LogP contribution is 2.29. The molecule has 146 valence electrons. The van der Waals surface area contributed by atoms with Gasteiger partial charge in [-0.2, -0.15) is 0 Å². The molecule has 0 saturated heterocycles. The standard InChI is InChI=1S/C24H23N3O2/c1-16(28)24-25-20-10-4-7-13-23(20)27(24)15-17(29)14-26-21-11-5-2-8-18(21)19-9-3-6-12-22(19)26/h2-13,16-17,28-29H,14-15H2,1H3/t16-,17-/m1/s1. The summed E-state index contributed by atoms with van der Waals surface area (Å²) < 4.78 is 4.11. The molecule has 0 amide bonds. The molecule has 2 N–H and O–H groups in total. The van der Waals surface area contributed by atoms with Gasteiger partial charge in [0.1, 0.15) is 11.9 Å². The van der Waals surface area contributed by atoms with Crippen LogP contribution in [0.3, 0.4) is 0 Å². The third-order valence-corrected chi connectivity index (χ3v) is 5.52. The maximum atomic E-state index is 11.0. The lowest BCUT2D eigenvalue weighted by molar-refractivity contribution is 0.129. The molecule has 0 bridgehead atoms. The molecule has 5 nitrogen and oxygen atoms in total. The number of nitrogens with zero attached hydrogens (tertiary/aromatic N) is 3. The second-order valence-electron chi connectivity index (χ2n) is 7.54. The number of hydrogen-bond donors (Lipinski definition) is 2. The number of imidazole rings is 1. The van der Waals surface area contributed by atoms with E-state index in [1.165, 1.54) is 10.8 Å². The van der Waals surface area contributed by atoms with E-state index in [2.05, 4.69) is 33.8 Å². The van der Waals surface area contributed by atoms with Gasteiger partial charge in [0, 0.05) is 21.8 Å². The fourth-order valence-electron chi connectivity index (χ4n) is 4.28. The molecule has 0 unspecified atom stereocenters. The molecule has 2 atom stereocenters. The summed E-state index contributed by atoms with van der Waals surface area (Å²) in [6.07, 6.45) is -1.34. The van der Waals surface area contributed by atoms with E-state index < -0.39 is 12.2 Å². The summed E-state index contributed by atoms with van der Waals surface area (Å²) in [5.41, 5.74) is 3.97. The third-order valence-electron chi connectivity index (χ3n) is 5.52. The summed E-state index contributed by atoms with van der Waals surface area (Å²) >= 11 is 0. The van der Waals surface area contributed by atoms with Crippen molar-refractivity contribution in [1.29, 1.82) is 0 Å². The van der Waals surface area contributed by atoms with Crippen molar-refractivity contribution in [1.82, 2.24) is 14.1 Å². The molecule has 0 radical (unpaired) electrons. The minimum absolute atomic E-state index is 0.363. The van der Waals surface area contributed by atoms with E-state index in [0.29, 0.717) is 18.9 Å². The van der Waals surface area contributed by atoms with Crippen LogP contribution in [0.1, 0.15) is 18.9 Å². The van der Waals surface area contributed by atoms with Gasteiger partial charge in [0.15, 0.2) is 0 Å². The molecule has 29 heavy (non-hydrogen) atoms. The highest BCUT2D eigenvalue weighted by Gasteiger charge is 2.19. The zero-order valence-corrected chi connectivity index (χ0v) is 16.2. The van der Waals surface area contributed by atoms with E-state index in [9.17, 15) is 10.2 Å². The molecule has 0 saturated carbocycles. The van der Waals surface area contributed by atoms with Crippen molar-refractivity contribution in [2.24, 2.45) is 0 Å². The van der Waals surface area contributed by atoms with Crippen molar-refractivity contribution in [3.63, 3.8) is 0 Å². The van der Waals surface area contributed by atoms with Crippen molar-refractivity contribution >= 4 is 32.8 Å². The molecule has 0 spiro atoms. The van der Waals surface area contributed by atoms with Crippen molar-refractivity contribution in [2.45, 2.75) is 32.2 Å². The van der Waals surface area contributed by atoms with Gasteiger partial charge in [-0.25, -0.2) is 4.98 Å². The number of rotatable bonds is 5. The van der Waals surface area contributed by atoms with Crippen molar-refractivity contribution in [2.75, 3.05) is 0 Å². The monoisotopic (exact) mass is 385 g/mol. The average molecular weight is 385 g/mol. The van der Waals surface area contributed by atoms with E-state index >= 15 is 0 Å². The van der Waals surface area contributed by atoms with Crippen LogP contribution in [0.4, 0.5) is 0 Å². The van der Waals surface area contributed by atoms with Crippen LogP contribution in [0, 0.1) is 0 Å². The van der Waals surface area contributed by atoms with Gasteiger partial charge in [-0.3, -0.25) is 0 Å². The minimum Gasteiger partial charge on any atom is -0.389 e. The molecular weight excluding hydrogens is 362 g/mol. The topological polar surface area (TPSA) is 63.2 Å². The zero-order chi connectivity index (χ0) is 20.0. The highest BCUT2D eigenvalue weighted by molar-refractivity contribution is 6.07. The maximum absolute atomic E-state index is 11.0. The van der Waals surface area contributed by atoms with E-state index in [0.717, 1.165) is 22.1 Å². The lowest BCUT2D eigenvalue weighted by Gasteiger charge is -2.17. The first-order valence-electron chi connectivity index (χ1n) is 9.91. The lowest BCUT2D eigenvalue weighted by Crippen LogP contribution is -2.23. The Balaban J connectivity index is 1.54. The second kappa shape index (κ2) is 7.03. The molecule has 2 heterocycles. The van der Waals surface area contributed by atoms with E-state index in [4.69, 9.17) is 0 Å². The van der Waals surface area contributed by atoms with Gasteiger partial charge >= 0.3 is 0 Å². The van der Waals surface area contributed by atoms with Crippen LogP contribution in [0.2, 0.25) is 0 Å². The van der Waals surface area contributed by atoms with Crippen LogP contribution in [0.25, 0.3) is 32.8 Å². The molecule has 0 fully saturated rings. The Morgan fingerprint density at radius 2 is 1.24 bits per heavy atom. The number of aromatic nitrogens is 3. The van der Waals surface area contributed by atoms with Gasteiger partial charge in [-0.15, -0.1) is 0 Å². The van der Waals surface area contributed by atoms with E-state index in [1.807, 2.05) is 53.1 Å². The fraction of sp³-hybridized carbons (Fsp3) is 0.208. The van der Waals surface area contributed by atoms with Gasteiger partial charge in [0.2, 0.25) is 0 Å². The van der Waals surface area contributed by atoms with Crippen molar-refractivity contribution < 1.29 is 10.2 Å². The third kappa shape index (κ3) is 2.99. The second-order valence-corrected chi connectivity index (χ2v) is 7.54. The fourth-order valence-corrected chi connectivity index (χ4v) is 4.28. The molecule has 3 aromatic carbocycles. The molecule has 5 heteroatoms. The summed E-state index contributed by atoms with van der Waals surface area (Å²) in [4.78, 5) is 4.56. The van der Waals surface area contributed by atoms with Crippen molar-refractivity contribution in [3.8, 4) is 0 Å².